The number of fused-ring (bicyclic) bond motifs is 1. The number of H-pyrrole nitrogens is 1. The van der Waals surface area contributed by atoms with Gasteiger partial charge in [0.15, 0.2) is 5.82 Å². The van der Waals surface area contributed by atoms with Gasteiger partial charge in [-0.3, -0.25) is 20.0 Å². The Bertz CT molecular complexity index is 1450. The Morgan fingerprint density at radius 2 is 1.84 bits per heavy atom. The molecule has 13 nitrogen and oxygen atoms in total. The summed E-state index contributed by atoms with van der Waals surface area (Å²) in [6.07, 6.45) is 9.33. The van der Waals surface area contributed by atoms with Gasteiger partial charge in [0.25, 0.3) is 11.7 Å². The van der Waals surface area contributed by atoms with Crippen molar-refractivity contribution in [2.45, 2.75) is 0 Å². The number of hydrogen-bond acceptors (Lipinski definition) is 9. The van der Waals surface area contributed by atoms with Crippen LogP contribution >= 0.6 is 0 Å². The van der Waals surface area contributed by atoms with Gasteiger partial charge in [0, 0.05) is 56.5 Å². The number of nitrogens with two attached hydrogens (primary N) is 1. The number of aromatic nitrogens is 5. The van der Waals surface area contributed by atoms with Crippen molar-refractivity contribution in [3.05, 3.63) is 61.1 Å². The fourth-order valence-corrected chi connectivity index (χ4v) is 4.20. The monoisotopic (exact) mass is 500 g/mol. The predicted octanol–water partition coefficient (Wildman–Crippen LogP) is 0.901. The van der Waals surface area contributed by atoms with E-state index in [1.54, 1.807) is 30.7 Å². The van der Waals surface area contributed by atoms with Crippen LogP contribution in [0.15, 0.2) is 60.5 Å². The number of hydrazine groups is 1. The van der Waals surface area contributed by atoms with Crippen molar-refractivity contribution in [1.29, 1.82) is 0 Å². The molecular weight excluding hydrogens is 476 g/mol. The molecule has 0 spiro atoms. The van der Waals surface area contributed by atoms with Gasteiger partial charge in [0.1, 0.15) is 12.1 Å². The smallest absolute Gasteiger partial charge is 0.295 e. The number of carbonyl (C=O) groups is 2. The molecule has 4 N–H and O–H groups in total. The first-order valence-electron chi connectivity index (χ1n) is 11.4. The molecule has 5 heterocycles. The molecule has 13 heteroatoms. The van der Waals surface area contributed by atoms with E-state index in [4.69, 9.17) is 10.6 Å². The molecule has 37 heavy (non-hydrogen) atoms. The van der Waals surface area contributed by atoms with E-state index in [2.05, 4.69) is 35.3 Å². The maximum atomic E-state index is 13.4. The van der Waals surface area contributed by atoms with E-state index >= 15 is 0 Å². The van der Waals surface area contributed by atoms with Crippen molar-refractivity contribution >= 4 is 34.4 Å². The maximum Gasteiger partial charge on any atom is 0.295 e. The van der Waals surface area contributed by atoms with Gasteiger partial charge in [-0.15, -0.1) is 0 Å². The molecule has 0 radical (unpaired) electrons. The summed E-state index contributed by atoms with van der Waals surface area (Å²) in [5.74, 6) is 5.75. The van der Waals surface area contributed by atoms with Gasteiger partial charge < -0.3 is 19.5 Å². The van der Waals surface area contributed by atoms with E-state index in [9.17, 15) is 9.59 Å². The number of carbonyl (C=O) groups excluding carboxylic acids is 2. The van der Waals surface area contributed by atoms with E-state index in [1.165, 1.54) is 30.7 Å². The number of aliphatic imine (C=N–C) groups is 1. The van der Waals surface area contributed by atoms with Crippen LogP contribution in [0, 0.1) is 0 Å². The number of aromatic amines is 1. The number of nitrogens with one attached hydrogen (secondary N) is 2. The molecule has 1 amide bonds. The summed E-state index contributed by atoms with van der Waals surface area (Å²) in [4.78, 5) is 54.2. The Hall–Kier alpha value is -4.91. The quantitative estimate of drug-likeness (QED) is 0.0894. The third-order valence-corrected chi connectivity index (χ3v) is 6.03. The van der Waals surface area contributed by atoms with E-state index in [0.29, 0.717) is 65.9 Å². The molecule has 1 saturated heterocycles. The zero-order valence-electron chi connectivity index (χ0n) is 20.0. The molecule has 4 aromatic rings. The minimum atomic E-state index is -0.640. The highest BCUT2D eigenvalue weighted by atomic mass is 16.5. The standard InChI is InChI=1S/C24H24N10O3/c1-37-17-13-30-20(15-10-26-14-27-11-15)21-19(17)16(12-29-21)22(35)23(36)33-6-8-34(9-7-33)24(32-25)31-18-4-2-3-5-28-18/h2-5,10-14,29H,6-9,25H2,1H3,(H,28,31,32). The zero-order valence-corrected chi connectivity index (χ0v) is 20.0. The minimum absolute atomic E-state index is 0.209. The molecule has 0 aliphatic carbocycles. The zero-order chi connectivity index (χ0) is 25.8. The van der Waals surface area contributed by atoms with Gasteiger partial charge in [-0.2, -0.15) is 4.99 Å². The van der Waals surface area contributed by atoms with Crippen LogP contribution in [0.4, 0.5) is 5.82 Å². The number of hydrogen-bond donors (Lipinski definition) is 3. The lowest BCUT2D eigenvalue weighted by atomic mass is 10.1. The molecule has 1 aliphatic heterocycles. The van der Waals surface area contributed by atoms with Crippen molar-refractivity contribution in [2.24, 2.45) is 10.8 Å². The summed E-state index contributed by atoms with van der Waals surface area (Å²) >= 11 is 0. The number of nitrogens with zero attached hydrogens (tertiary/aromatic N) is 7. The van der Waals surface area contributed by atoms with Gasteiger partial charge in [-0.1, -0.05) is 6.07 Å². The number of piperazine rings is 1. The second kappa shape index (κ2) is 10.4. The van der Waals surface area contributed by atoms with E-state index in [1.807, 2.05) is 11.0 Å². The summed E-state index contributed by atoms with van der Waals surface area (Å²) < 4.78 is 5.46. The lowest BCUT2D eigenvalue weighted by Gasteiger charge is -2.35. The molecule has 4 aromatic heterocycles. The normalized spacial score (nSPS) is 14.1. The highest BCUT2D eigenvalue weighted by Gasteiger charge is 2.30. The minimum Gasteiger partial charge on any atom is -0.494 e. The highest BCUT2D eigenvalue weighted by Crippen LogP contribution is 2.34. The van der Waals surface area contributed by atoms with Crippen LogP contribution in [0.25, 0.3) is 22.2 Å². The molecule has 188 valence electrons. The number of Topliss-reactive ketones (excluding diaryl/α,β-unsaturated/α-hetero) is 1. The van der Waals surface area contributed by atoms with Crippen LogP contribution in [0.1, 0.15) is 10.4 Å². The van der Waals surface area contributed by atoms with Crippen molar-refractivity contribution in [3.63, 3.8) is 0 Å². The molecule has 0 bridgehead atoms. The largest absolute Gasteiger partial charge is 0.494 e. The Labute approximate surface area is 211 Å². The number of ketones is 1. The van der Waals surface area contributed by atoms with Crippen molar-refractivity contribution < 1.29 is 14.3 Å². The Kier molecular flexibility index (Phi) is 6.68. The Balaban J connectivity index is 1.35. The molecule has 0 unspecified atom stereocenters. The summed E-state index contributed by atoms with van der Waals surface area (Å²) in [7, 11) is 1.49. The highest BCUT2D eigenvalue weighted by molar-refractivity contribution is 6.45. The first-order chi connectivity index (χ1) is 18.1. The first-order valence-corrected chi connectivity index (χ1v) is 11.4. The van der Waals surface area contributed by atoms with Gasteiger partial charge >= 0.3 is 0 Å². The van der Waals surface area contributed by atoms with E-state index < -0.39 is 11.7 Å². The fraction of sp³-hybridized carbons (Fsp3) is 0.208. The van der Waals surface area contributed by atoms with Gasteiger partial charge in [-0.05, 0) is 12.1 Å². The van der Waals surface area contributed by atoms with Crippen LogP contribution in [0.5, 0.6) is 5.75 Å². The van der Waals surface area contributed by atoms with Gasteiger partial charge in [0.05, 0.1) is 35.5 Å². The number of rotatable bonds is 5. The molecule has 0 saturated carbocycles. The SMILES string of the molecule is COc1cnc(-c2cncnc2)c2[nH]cc(C(=O)C(=O)N3CCN(/C(=N\c4ccccn4)NN)CC3)c12. The molecule has 1 aliphatic rings. The molecular formula is C24H24N10O3. The molecule has 1 fully saturated rings. The van der Waals surface area contributed by atoms with Crippen LogP contribution in [0.3, 0.4) is 0 Å². The van der Waals surface area contributed by atoms with Crippen molar-refractivity contribution in [1.82, 2.24) is 40.1 Å². The van der Waals surface area contributed by atoms with E-state index in [-0.39, 0.29) is 5.56 Å². The summed E-state index contributed by atoms with van der Waals surface area (Å²) in [6, 6.07) is 5.39. The third-order valence-electron chi connectivity index (χ3n) is 6.03. The Morgan fingerprint density at radius 3 is 2.51 bits per heavy atom. The molecule has 0 atom stereocenters. The third kappa shape index (κ3) is 4.67. The first kappa shape index (κ1) is 23.8. The number of guanidine groups is 1. The van der Waals surface area contributed by atoms with Gasteiger partial charge in [0.2, 0.25) is 5.96 Å². The molecule has 0 aromatic carbocycles. The summed E-state index contributed by atoms with van der Waals surface area (Å²) in [5, 5.41) is 0.477. The topological polar surface area (TPSA) is 168 Å². The van der Waals surface area contributed by atoms with Crippen LogP contribution < -0.4 is 16.0 Å². The second-order valence-electron chi connectivity index (χ2n) is 8.13. The average Bonchev–Trinajstić information content (AvgIpc) is 3.41. The summed E-state index contributed by atoms with van der Waals surface area (Å²) in [5.41, 5.74) is 4.57. The number of pyridine rings is 2. The van der Waals surface area contributed by atoms with E-state index in [0.717, 1.165) is 0 Å². The van der Waals surface area contributed by atoms with Crippen molar-refractivity contribution in [2.75, 3.05) is 33.3 Å². The van der Waals surface area contributed by atoms with Gasteiger partial charge in [-0.25, -0.2) is 20.8 Å². The van der Waals surface area contributed by atoms with Crippen LogP contribution in [-0.4, -0.2) is 85.7 Å². The number of ether oxygens (including phenoxy) is 1. The van der Waals surface area contributed by atoms with Crippen molar-refractivity contribution in [3.8, 4) is 17.0 Å². The van der Waals surface area contributed by atoms with Crippen LogP contribution in [-0.2, 0) is 4.79 Å². The maximum absolute atomic E-state index is 13.4. The Morgan fingerprint density at radius 1 is 1.08 bits per heavy atom. The summed E-state index contributed by atoms with van der Waals surface area (Å²) in [6.45, 7) is 1.52. The fourth-order valence-electron chi connectivity index (χ4n) is 4.20. The number of amides is 1. The second-order valence-corrected chi connectivity index (χ2v) is 8.13. The lowest BCUT2D eigenvalue weighted by Crippen LogP contribution is -2.55. The number of methoxy groups -OCH3 is 1. The molecule has 5 rings (SSSR count). The average molecular weight is 501 g/mol. The van der Waals surface area contributed by atoms with Crippen LogP contribution in [0.2, 0.25) is 0 Å². The lowest BCUT2D eigenvalue weighted by molar-refractivity contribution is -0.127. The predicted molar refractivity (Wildman–Crippen MR) is 135 cm³/mol.